The molecule has 0 aliphatic rings. The molecule has 0 N–H and O–H groups in total. The monoisotopic (exact) mass is 339 g/mol. The lowest BCUT2D eigenvalue weighted by Crippen LogP contribution is -2.13. The SMILES string of the molecule is CCC(C)(CC)C/C=C\C(=C/Cc1cc(C)cc(C)n1)C(F)(F)F. The number of rotatable bonds is 7. The van der Waals surface area contributed by atoms with E-state index in [1.807, 2.05) is 26.0 Å². The number of nitrogens with zero attached hydrogens (tertiary/aromatic N) is 1. The number of pyridine rings is 1. The fourth-order valence-corrected chi connectivity index (χ4v) is 2.53. The average Bonchev–Trinajstić information content (AvgIpc) is 2.48. The topological polar surface area (TPSA) is 12.9 Å². The minimum atomic E-state index is -4.34. The molecule has 1 aromatic rings. The third-order valence-corrected chi connectivity index (χ3v) is 4.62. The van der Waals surface area contributed by atoms with Crippen LogP contribution in [0.5, 0.6) is 0 Å². The predicted molar refractivity (Wildman–Crippen MR) is 94.0 cm³/mol. The molecule has 4 heteroatoms. The van der Waals surface area contributed by atoms with Crippen LogP contribution in [0.4, 0.5) is 13.2 Å². The zero-order valence-corrected chi connectivity index (χ0v) is 15.3. The van der Waals surface area contributed by atoms with E-state index in [4.69, 9.17) is 0 Å². The van der Waals surface area contributed by atoms with E-state index in [1.165, 1.54) is 12.2 Å². The van der Waals surface area contributed by atoms with Gasteiger partial charge < -0.3 is 0 Å². The molecule has 0 saturated carbocycles. The van der Waals surface area contributed by atoms with Crippen molar-refractivity contribution >= 4 is 0 Å². The van der Waals surface area contributed by atoms with Crippen molar-refractivity contribution in [3.8, 4) is 0 Å². The maximum absolute atomic E-state index is 13.2. The van der Waals surface area contributed by atoms with E-state index >= 15 is 0 Å². The van der Waals surface area contributed by atoms with E-state index in [0.717, 1.165) is 24.1 Å². The van der Waals surface area contributed by atoms with Crippen molar-refractivity contribution in [3.63, 3.8) is 0 Å². The van der Waals surface area contributed by atoms with E-state index in [9.17, 15) is 13.2 Å². The van der Waals surface area contributed by atoms with Gasteiger partial charge in [0.1, 0.15) is 0 Å². The lowest BCUT2D eigenvalue weighted by Gasteiger charge is -2.24. The van der Waals surface area contributed by atoms with Crippen LogP contribution in [0.3, 0.4) is 0 Å². The van der Waals surface area contributed by atoms with Gasteiger partial charge in [-0.2, -0.15) is 13.2 Å². The molecule has 1 nitrogen and oxygen atoms in total. The summed E-state index contributed by atoms with van der Waals surface area (Å²) in [6, 6.07) is 3.74. The van der Waals surface area contributed by atoms with E-state index in [2.05, 4.69) is 25.8 Å². The molecule has 0 spiro atoms. The summed E-state index contributed by atoms with van der Waals surface area (Å²) in [7, 11) is 0. The Kier molecular flexibility index (Phi) is 7.25. The van der Waals surface area contributed by atoms with Crippen LogP contribution >= 0.6 is 0 Å². The number of aryl methyl sites for hydroxylation is 2. The summed E-state index contributed by atoms with van der Waals surface area (Å²) in [4.78, 5) is 4.30. The van der Waals surface area contributed by atoms with Gasteiger partial charge in [-0.3, -0.25) is 4.98 Å². The maximum atomic E-state index is 13.2. The van der Waals surface area contributed by atoms with Crippen molar-refractivity contribution in [2.75, 3.05) is 0 Å². The summed E-state index contributed by atoms with van der Waals surface area (Å²) in [5.74, 6) is 0. The molecule has 1 heterocycles. The van der Waals surface area contributed by atoms with Gasteiger partial charge in [-0.1, -0.05) is 51.8 Å². The third kappa shape index (κ3) is 6.50. The molecule has 0 saturated heterocycles. The zero-order valence-electron chi connectivity index (χ0n) is 15.3. The summed E-state index contributed by atoms with van der Waals surface area (Å²) in [6.07, 6.45) is 2.48. The van der Waals surface area contributed by atoms with Gasteiger partial charge in [0.2, 0.25) is 0 Å². The maximum Gasteiger partial charge on any atom is 0.416 e. The second kappa shape index (κ2) is 8.50. The first-order valence-corrected chi connectivity index (χ1v) is 8.47. The summed E-state index contributed by atoms with van der Waals surface area (Å²) >= 11 is 0. The molecule has 0 aromatic carbocycles. The van der Waals surface area contributed by atoms with Crippen LogP contribution in [-0.4, -0.2) is 11.2 Å². The molecular formula is C20H28F3N. The van der Waals surface area contributed by atoms with Gasteiger partial charge in [0.25, 0.3) is 0 Å². The molecular weight excluding hydrogens is 311 g/mol. The van der Waals surface area contributed by atoms with Gasteiger partial charge >= 0.3 is 6.18 Å². The molecule has 0 amide bonds. The number of hydrogen-bond donors (Lipinski definition) is 0. The van der Waals surface area contributed by atoms with E-state index in [0.29, 0.717) is 12.1 Å². The minimum Gasteiger partial charge on any atom is -0.258 e. The van der Waals surface area contributed by atoms with Crippen LogP contribution in [0, 0.1) is 19.3 Å². The first-order chi connectivity index (χ1) is 11.1. The van der Waals surface area contributed by atoms with E-state index < -0.39 is 11.7 Å². The second-order valence-corrected chi connectivity index (χ2v) is 6.76. The van der Waals surface area contributed by atoms with Crippen LogP contribution in [0.15, 0.2) is 35.9 Å². The quantitative estimate of drug-likeness (QED) is 0.517. The highest BCUT2D eigenvalue weighted by molar-refractivity contribution is 5.27. The highest BCUT2D eigenvalue weighted by Gasteiger charge is 2.31. The van der Waals surface area contributed by atoms with Crippen molar-refractivity contribution in [2.45, 2.75) is 66.5 Å². The Morgan fingerprint density at radius 1 is 1.12 bits per heavy atom. The molecule has 134 valence electrons. The molecule has 24 heavy (non-hydrogen) atoms. The normalized spacial score (nSPS) is 13.8. The Hall–Kier alpha value is -1.58. The van der Waals surface area contributed by atoms with Gasteiger partial charge in [0.15, 0.2) is 0 Å². The first-order valence-electron chi connectivity index (χ1n) is 8.47. The fourth-order valence-electron chi connectivity index (χ4n) is 2.53. The molecule has 1 rings (SSSR count). The molecule has 0 aliphatic heterocycles. The Balaban J connectivity index is 2.93. The smallest absolute Gasteiger partial charge is 0.258 e. The highest BCUT2D eigenvalue weighted by Crippen LogP contribution is 2.32. The van der Waals surface area contributed by atoms with Crippen LogP contribution in [0.2, 0.25) is 0 Å². The Labute approximate surface area is 143 Å². The van der Waals surface area contributed by atoms with Gasteiger partial charge in [0.05, 0.1) is 5.57 Å². The van der Waals surface area contributed by atoms with Crippen molar-refractivity contribution in [2.24, 2.45) is 5.41 Å². The average molecular weight is 339 g/mol. The van der Waals surface area contributed by atoms with E-state index in [1.54, 1.807) is 6.08 Å². The molecule has 0 unspecified atom stereocenters. The van der Waals surface area contributed by atoms with Gasteiger partial charge in [0, 0.05) is 17.8 Å². The van der Waals surface area contributed by atoms with Gasteiger partial charge in [-0.25, -0.2) is 0 Å². The lowest BCUT2D eigenvalue weighted by molar-refractivity contribution is -0.0884. The molecule has 1 aromatic heterocycles. The molecule has 0 bridgehead atoms. The van der Waals surface area contributed by atoms with Crippen LogP contribution in [-0.2, 0) is 6.42 Å². The number of alkyl halides is 3. The zero-order chi connectivity index (χ0) is 18.4. The van der Waals surface area contributed by atoms with Crippen molar-refractivity contribution in [1.29, 1.82) is 0 Å². The Morgan fingerprint density at radius 2 is 1.75 bits per heavy atom. The summed E-state index contributed by atoms with van der Waals surface area (Å²) < 4.78 is 39.7. The largest absolute Gasteiger partial charge is 0.416 e. The molecule has 0 fully saturated rings. The molecule has 0 radical (unpaired) electrons. The summed E-state index contributed by atoms with van der Waals surface area (Å²) in [5, 5.41) is 0. The third-order valence-electron chi connectivity index (χ3n) is 4.62. The van der Waals surface area contributed by atoms with Crippen molar-refractivity contribution in [1.82, 2.24) is 4.98 Å². The predicted octanol–water partition coefficient (Wildman–Crippen LogP) is 6.50. The van der Waals surface area contributed by atoms with Crippen molar-refractivity contribution < 1.29 is 13.2 Å². The summed E-state index contributed by atoms with van der Waals surface area (Å²) in [5.41, 5.74) is 1.95. The summed E-state index contributed by atoms with van der Waals surface area (Å²) in [6.45, 7) is 10.0. The molecule has 0 atom stereocenters. The van der Waals surface area contributed by atoms with Crippen LogP contribution in [0.1, 0.15) is 57.0 Å². The lowest BCUT2D eigenvalue weighted by atomic mass is 9.81. The first kappa shape index (κ1) is 20.5. The Morgan fingerprint density at radius 3 is 2.25 bits per heavy atom. The highest BCUT2D eigenvalue weighted by atomic mass is 19.4. The number of allylic oxidation sites excluding steroid dienone is 4. The number of hydrogen-bond acceptors (Lipinski definition) is 1. The van der Waals surface area contributed by atoms with Gasteiger partial charge in [-0.15, -0.1) is 0 Å². The molecule has 0 aliphatic carbocycles. The van der Waals surface area contributed by atoms with Crippen LogP contribution < -0.4 is 0 Å². The minimum absolute atomic E-state index is 0.0580. The number of aromatic nitrogens is 1. The number of halogens is 3. The van der Waals surface area contributed by atoms with Gasteiger partial charge in [-0.05, 0) is 43.4 Å². The fraction of sp³-hybridized carbons (Fsp3) is 0.550. The standard InChI is InChI=1S/C20H28F3N/c1-6-19(5,7-2)12-8-9-17(20(21,22)23)10-11-18-14-15(3)13-16(4)24-18/h8-10,13-14H,6-7,11-12H2,1-5H3/b9-8-,17-10+. The second-order valence-electron chi connectivity index (χ2n) is 6.76. The van der Waals surface area contributed by atoms with Crippen molar-refractivity contribution in [3.05, 3.63) is 52.9 Å². The van der Waals surface area contributed by atoms with E-state index in [-0.39, 0.29) is 11.8 Å². The van der Waals surface area contributed by atoms with Crippen LogP contribution in [0.25, 0.3) is 0 Å². The Bertz CT molecular complexity index is 573.